The number of benzene rings is 1. The molecule has 0 aliphatic heterocycles. The van der Waals surface area contributed by atoms with Crippen LogP contribution >= 0.6 is 0 Å². The molecule has 0 spiro atoms. The van der Waals surface area contributed by atoms with Crippen LogP contribution < -0.4 is 5.73 Å². The van der Waals surface area contributed by atoms with Crippen molar-refractivity contribution in [2.75, 3.05) is 12.8 Å². The number of carbonyl (C=O) groups is 1. The van der Waals surface area contributed by atoms with Gasteiger partial charge >= 0.3 is 5.97 Å². The van der Waals surface area contributed by atoms with Crippen LogP contribution in [0.25, 0.3) is 0 Å². The van der Waals surface area contributed by atoms with Crippen LogP contribution in [0.5, 0.6) is 0 Å². The minimum absolute atomic E-state index is 0.000463. The lowest BCUT2D eigenvalue weighted by Gasteiger charge is -2.07. The van der Waals surface area contributed by atoms with Gasteiger partial charge < -0.3 is 10.5 Å². The number of halogens is 1. The van der Waals surface area contributed by atoms with Crippen molar-refractivity contribution >= 4 is 11.7 Å². The predicted octanol–water partition coefficient (Wildman–Crippen LogP) is 1.43. The fourth-order valence-electron chi connectivity index (χ4n) is 1.12. The smallest absolute Gasteiger partial charge is 0.310 e. The first kappa shape index (κ1) is 10.5. The third-order valence-corrected chi connectivity index (χ3v) is 2.03. The van der Waals surface area contributed by atoms with E-state index in [0.717, 1.165) is 0 Å². The van der Waals surface area contributed by atoms with E-state index >= 15 is 0 Å². The number of hydrogen-bond acceptors (Lipinski definition) is 3. The minimum atomic E-state index is -0.466. The van der Waals surface area contributed by atoms with Crippen molar-refractivity contribution in [3.63, 3.8) is 0 Å². The second kappa shape index (κ2) is 4.09. The van der Waals surface area contributed by atoms with Crippen molar-refractivity contribution in [2.24, 2.45) is 0 Å². The summed E-state index contributed by atoms with van der Waals surface area (Å²) in [6, 6.07) is 3.22. The van der Waals surface area contributed by atoms with Gasteiger partial charge in [-0.15, -0.1) is 0 Å². The van der Waals surface area contributed by atoms with Gasteiger partial charge in [-0.25, -0.2) is 4.39 Å². The number of ether oxygens (including phenoxy) is 1. The topological polar surface area (TPSA) is 52.3 Å². The van der Waals surface area contributed by atoms with Gasteiger partial charge in [0.25, 0.3) is 0 Å². The highest BCUT2D eigenvalue weighted by atomic mass is 19.1. The number of carbonyl (C=O) groups excluding carboxylic acids is 1. The zero-order chi connectivity index (χ0) is 10.7. The molecule has 1 rings (SSSR count). The van der Waals surface area contributed by atoms with Crippen molar-refractivity contribution in [1.82, 2.24) is 0 Å². The summed E-state index contributed by atoms with van der Waals surface area (Å²) in [5.41, 5.74) is 6.45. The number of esters is 1. The molecule has 0 atom stereocenters. The highest BCUT2D eigenvalue weighted by molar-refractivity contribution is 5.75. The zero-order valence-corrected chi connectivity index (χ0v) is 8.13. The van der Waals surface area contributed by atoms with Gasteiger partial charge in [0.2, 0.25) is 0 Å². The van der Waals surface area contributed by atoms with Crippen LogP contribution in [0.3, 0.4) is 0 Å². The van der Waals surface area contributed by atoms with Crippen LogP contribution in [-0.2, 0) is 16.0 Å². The fraction of sp³-hybridized carbons (Fsp3) is 0.300. The molecule has 0 saturated heterocycles. The fourth-order valence-corrected chi connectivity index (χ4v) is 1.12. The van der Waals surface area contributed by atoms with Crippen LogP contribution in [0, 0.1) is 12.7 Å². The summed E-state index contributed by atoms with van der Waals surface area (Å²) in [5, 5.41) is 0. The Morgan fingerprint density at radius 3 is 2.79 bits per heavy atom. The second-order valence-electron chi connectivity index (χ2n) is 3.02. The van der Waals surface area contributed by atoms with E-state index in [-0.39, 0.29) is 12.1 Å². The average Bonchev–Trinajstić information content (AvgIpc) is 2.19. The minimum Gasteiger partial charge on any atom is -0.469 e. The van der Waals surface area contributed by atoms with Crippen molar-refractivity contribution < 1.29 is 13.9 Å². The van der Waals surface area contributed by atoms with Gasteiger partial charge in [0, 0.05) is 0 Å². The monoisotopic (exact) mass is 197 g/mol. The van der Waals surface area contributed by atoms with E-state index in [1.165, 1.54) is 7.11 Å². The van der Waals surface area contributed by atoms with E-state index in [1.54, 1.807) is 19.1 Å². The number of nitrogens with two attached hydrogens (primary N) is 1. The van der Waals surface area contributed by atoms with Crippen LogP contribution in [-0.4, -0.2) is 13.1 Å². The van der Waals surface area contributed by atoms with Gasteiger partial charge in [-0.3, -0.25) is 4.79 Å². The molecule has 1 aromatic rings. The molecule has 0 amide bonds. The Balaban J connectivity index is 3.00. The molecule has 0 saturated carbocycles. The molecule has 0 aliphatic rings. The Morgan fingerprint density at radius 2 is 2.21 bits per heavy atom. The molecule has 2 N–H and O–H groups in total. The van der Waals surface area contributed by atoms with E-state index in [9.17, 15) is 9.18 Å². The normalized spacial score (nSPS) is 9.93. The summed E-state index contributed by atoms with van der Waals surface area (Å²) in [6.07, 6.45) is -0.000463. The van der Waals surface area contributed by atoms with Gasteiger partial charge in [-0.2, -0.15) is 0 Å². The van der Waals surface area contributed by atoms with Gasteiger partial charge in [0.15, 0.2) is 0 Å². The van der Waals surface area contributed by atoms with Crippen LogP contribution in [0.15, 0.2) is 12.1 Å². The Morgan fingerprint density at radius 1 is 1.57 bits per heavy atom. The highest BCUT2D eigenvalue weighted by Gasteiger charge is 2.11. The molecule has 0 bridgehead atoms. The molecular formula is C10H12FNO2. The van der Waals surface area contributed by atoms with Crippen molar-refractivity contribution in [1.29, 1.82) is 0 Å². The van der Waals surface area contributed by atoms with E-state index < -0.39 is 11.8 Å². The standard InChI is InChI=1S/C10H12FNO2/c1-6-3-4-7(5-8(13)14-2)10(12)9(6)11/h3-4H,5,12H2,1-2H3. The quantitative estimate of drug-likeness (QED) is 0.576. The van der Waals surface area contributed by atoms with Crippen LogP contribution in [0.1, 0.15) is 11.1 Å². The molecule has 0 aliphatic carbocycles. The first-order valence-corrected chi connectivity index (χ1v) is 4.16. The van der Waals surface area contributed by atoms with Crippen molar-refractivity contribution in [3.8, 4) is 0 Å². The van der Waals surface area contributed by atoms with Gasteiger partial charge in [0.1, 0.15) is 5.82 Å². The largest absolute Gasteiger partial charge is 0.469 e. The van der Waals surface area contributed by atoms with Crippen LogP contribution in [0.2, 0.25) is 0 Å². The van der Waals surface area contributed by atoms with E-state index in [0.29, 0.717) is 11.1 Å². The summed E-state index contributed by atoms with van der Waals surface area (Å²) in [5.74, 6) is -0.897. The maximum atomic E-state index is 13.3. The van der Waals surface area contributed by atoms with E-state index in [2.05, 4.69) is 4.74 Å². The number of hydrogen-bond donors (Lipinski definition) is 1. The molecule has 0 unspecified atom stereocenters. The van der Waals surface area contributed by atoms with Gasteiger partial charge in [-0.05, 0) is 18.1 Å². The summed E-state index contributed by atoms with van der Waals surface area (Å²) < 4.78 is 17.7. The molecule has 0 radical (unpaired) electrons. The summed E-state index contributed by atoms with van der Waals surface area (Å²) in [7, 11) is 1.28. The van der Waals surface area contributed by atoms with E-state index in [1.807, 2.05) is 0 Å². The van der Waals surface area contributed by atoms with Crippen LogP contribution in [0.4, 0.5) is 10.1 Å². The first-order valence-electron chi connectivity index (χ1n) is 4.16. The molecule has 0 heterocycles. The highest BCUT2D eigenvalue weighted by Crippen LogP contribution is 2.20. The molecule has 0 aromatic heterocycles. The van der Waals surface area contributed by atoms with Crippen molar-refractivity contribution in [2.45, 2.75) is 13.3 Å². The Labute approximate surface area is 81.7 Å². The zero-order valence-electron chi connectivity index (χ0n) is 8.13. The maximum absolute atomic E-state index is 13.3. The lowest BCUT2D eigenvalue weighted by molar-refractivity contribution is -0.139. The third-order valence-electron chi connectivity index (χ3n) is 2.03. The maximum Gasteiger partial charge on any atom is 0.310 e. The Bertz CT molecular complexity index is 363. The number of nitrogen functional groups attached to an aromatic ring is 1. The summed E-state index contributed by atoms with van der Waals surface area (Å²) >= 11 is 0. The van der Waals surface area contributed by atoms with Gasteiger partial charge in [-0.1, -0.05) is 12.1 Å². The first-order chi connectivity index (χ1) is 6.56. The lowest BCUT2D eigenvalue weighted by atomic mass is 10.1. The predicted molar refractivity (Wildman–Crippen MR) is 51.3 cm³/mol. The molecule has 14 heavy (non-hydrogen) atoms. The summed E-state index contributed by atoms with van der Waals surface area (Å²) in [6.45, 7) is 1.62. The number of aryl methyl sites for hydroxylation is 1. The Kier molecular flexibility index (Phi) is 3.06. The number of methoxy groups -OCH3 is 1. The molecule has 76 valence electrons. The molecule has 3 nitrogen and oxygen atoms in total. The molecule has 1 aromatic carbocycles. The molecule has 0 fully saturated rings. The Hall–Kier alpha value is -1.58. The molecule has 4 heteroatoms. The number of rotatable bonds is 2. The van der Waals surface area contributed by atoms with Gasteiger partial charge in [0.05, 0.1) is 19.2 Å². The molecular weight excluding hydrogens is 185 g/mol. The average molecular weight is 197 g/mol. The SMILES string of the molecule is COC(=O)Cc1ccc(C)c(F)c1N. The summed E-state index contributed by atoms with van der Waals surface area (Å²) in [4.78, 5) is 10.9. The number of anilines is 1. The second-order valence-corrected chi connectivity index (χ2v) is 3.02. The van der Waals surface area contributed by atoms with E-state index in [4.69, 9.17) is 5.73 Å². The lowest BCUT2D eigenvalue weighted by Crippen LogP contribution is -2.08. The third kappa shape index (κ3) is 2.02. The van der Waals surface area contributed by atoms with Crippen molar-refractivity contribution in [3.05, 3.63) is 29.1 Å².